The Hall–Kier alpha value is -2.24. The van der Waals surface area contributed by atoms with Gasteiger partial charge < -0.3 is 14.6 Å². The lowest BCUT2D eigenvalue weighted by Gasteiger charge is -2.39. The van der Waals surface area contributed by atoms with Gasteiger partial charge in [-0.15, -0.1) is 10.2 Å². The third kappa shape index (κ3) is 3.88. The highest BCUT2D eigenvalue weighted by molar-refractivity contribution is 5.86. The van der Waals surface area contributed by atoms with Gasteiger partial charge in [0, 0.05) is 32.5 Å². The first kappa shape index (κ1) is 19.7. The molecule has 0 spiro atoms. The van der Waals surface area contributed by atoms with Crippen molar-refractivity contribution >= 4 is 10.8 Å². The van der Waals surface area contributed by atoms with Crippen LogP contribution in [0.4, 0.5) is 0 Å². The minimum absolute atomic E-state index is 0.721. The number of hydrogen-bond donors (Lipinski definition) is 1. The van der Waals surface area contributed by atoms with Gasteiger partial charge in [-0.3, -0.25) is 0 Å². The van der Waals surface area contributed by atoms with Crippen LogP contribution in [0.1, 0.15) is 55.7 Å². The fourth-order valence-corrected chi connectivity index (χ4v) is 5.24. The van der Waals surface area contributed by atoms with Crippen LogP contribution >= 0.6 is 0 Å². The minimum atomic E-state index is -0.721. The van der Waals surface area contributed by atoms with Gasteiger partial charge in [0.25, 0.3) is 0 Å². The van der Waals surface area contributed by atoms with Gasteiger partial charge >= 0.3 is 0 Å². The molecule has 0 unspecified atom stereocenters. The normalized spacial score (nSPS) is 19.5. The van der Waals surface area contributed by atoms with Crippen LogP contribution < -0.4 is 0 Å². The van der Waals surface area contributed by atoms with E-state index in [2.05, 4.69) is 62.1 Å². The molecule has 5 nitrogen and oxygen atoms in total. The summed E-state index contributed by atoms with van der Waals surface area (Å²) >= 11 is 0. The molecule has 0 amide bonds. The molecule has 3 aromatic rings. The summed E-state index contributed by atoms with van der Waals surface area (Å²) in [6, 6.07) is 14.7. The number of benzene rings is 2. The second kappa shape index (κ2) is 8.48. The number of piperidine rings is 1. The Bertz CT molecular complexity index is 998. The number of aryl methyl sites for hydroxylation is 2. The second-order valence-electron chi connectivity index (χ2n) is 9.00. The topological polar surface area (TPSA) is 54.2 Å². The maximum atomic E-state index is 11.4. The molecule has 158 valence electrons. The quantitative estimate of drug-likeness (QED) is 0.696. The predicted molar refractivity (Wildman–Crippen MR) is 119 cm³/mol. The van der Waals surface area contributed by atoms with E-state index in [1.54, 1.807) is 0 Å². The van der Waals surface area contributed by atoms with E-state index in [1.165, 1.54) is 35.9 Å². The van der Waals surface area contributed by atoms with Crippen LogP contribution in [0.5, 0.6) is 0 Å². The molecule has 0 aliphatic carbocycles. The highest BCUT2D eigenvalue weighted by Crippen LogP contribution is 2.36. The minimum Gasteiger partial charge on any atom is -0.385 e. The zero-order chi connectivity index (χ0) is 20.4. The zero-order valence-electron chi connectivity index (χ0n) is 17.8. The largest absolute Gasteiger partial charge is 0.385 e. The SMILES string of the molecule is OC1(c2cccc3ccccc23)CCN(CCCc2nnc3n2CCCCC3)CC1. The third-order valence-corrected chi connectivity index (χ3v) is 7.04. The van der Waals surface area contributed by atoms with Crippen LogP contribution in [0, 0.1) is 0 Å². The first-order chi connectivity index (χ1) is 14.7. The lowest BCUT2D eigenvalue weighted by molar-refractivity contribution is -0.0248. The number of aromatic nitrogens is 3. The van der Waals surface area contributed by atoms with Crippen molar-refractivity contribution in [1.29, 1.82) is 0 Å². The van der Waals surface area contributed by atoms with E-state index in [0.29, 0.717) is 0 Å². The highest BCUT2D eigenvalue weighted by Gasteiger charge is 2.34. The molecule has 2 aliphatic heterocycles. The van der Waals surface area contributed by atoms with E-state index in [0.717, 1.165) is 69.7 Å². The molecule has 1 aromatic heterocycles. The maximum absolute atomic E-state index is 11.4. The Labute approximate surface area is 178 Å². The summed E-state index contributed by atoms with van der Waals surface area (Å²) in [5.74, 6) is 2.34. The van der Waals surface area contributed by atoms with Crippen molar-refractivity contribution < 1.29 is 5.11 Å². The van der Waals surface area contributed by atoms with E-state index >= 15 is 0 Å². The van der Waals surface area contributed by atoms with Crippen molar-refractivity contribution in [3.63, 3.8) is 0 Å². The van der Waals surface area contributed by atoms with Gasteiger partial charge in [-0.1, -0.05) is 48.9 Å². The van der Waals surface area contributed by atoms with Crippen molar-refractivity contribution in [2.75, 3.05) is 19.6 Å². The van der Waals surface area contributed by atoms with Crippen molar-refractivity contribution in [3.05, 3.63) is 59.7 Å². The Balaban J connectivity index is 1.18. The molecule has 1 N–H and O–H groups in total. The van der Waals surface area contributed by atoms with Crippen LogP contribution in [-0.2, 0) is 25.0 Å². The van der Waals surface area contributed by atoms with E-state index in [9.17, 15) is 5.11 Å². The van der Waals surface area contributed by atoms with E-state index in [-0.39, 0.29) is 0 Å². The molecular weight excluding hydrogens is 372 g/mol. The van der Waals surface area contributed by atoms with Crippen molar-refractivity contribution in [3.8, 4) is 0 Å². The standard InChI is InChI=1S/C25H32N4O/c30-25(22-11-6-9-20-8-3-4-10-21(20)22)14-18-28(19-15-25)16-7-13-24-27-26-23-12-2-1-5-17-29(23)24/h3-4,6,8-11,30H,1-2,5,7,12-19H2. The molecule has 1 fully saturated rings. The van der Waals surface area contributed by atoms with Crippen LogP contribution in [0.25, 0.3) is 10.8 Å². The van der Waals surface area contributed by atoms with Gasteiger partial charge in [0.2, 0.25) is 0 Å². The summed E-state index contributed by atoms with van der Waals surface area (Å²) in [6.07, 6.45) is 8.55. The van der Waals surface area contributed by atoms with Gasteiger partial charge in [0.05, 0.1) is 5.60 Å². The summed E-state index contributed by atoms with van der Waals surface area (Å²) in [4.78, 5) is 2.50. The average molecular weight is 405 g/mol. The summed E-state index contributed by atoms with van der Waals surface area (Å²) in [6.45, 7) is 4.03. The third-order valence-electron chi connectivity index (χ3n) is 7.04. The molecule has 30 heavy (non-hydrogen) atoms. The molecule has 0 radical (unpaired) electrons. The highest BCUT2D eigenvalue weighted by atomic mass is 16.3. The van der Waals surface area contributed by atoms with E-state index < -0.39 is 5.60 Å². The molecule has 0 saturated carbocycles. The zero-order valence-corrected chi connectivity index (χ0v) is 17.8. The Morgan fingerprint density at radius 2 is 1.73 bits per heavy atom. The maximum Gasteiger partial charge on any atom is 0.133 e. The van der Waals surface area contributed by atoms with Gasteiger partial charge in [0.1, 0.15) is 11.6 Å². The Morgan fingerprint density at radius 1 is 0.900 bits per heavy atom. The summed E-state index contributed by atoms with van der Waals surface area (Å²) in [7, 11) is 0. The number of rotatable bonds is 5. The molecule has 5 rings (SSSR count). The smallest absolute Gasteiger partial charge is 0.133 e. The van der Waals surface area contributed by atoms with Gasteiger partial charge in [-0.25, -0.2) is 0 Å². The fourth-order valence-electron chi connectivity index (χ4n) is 5.24. The van der Waals surface area contributed by atoms with Crippen LogP contribution in [0.3, 0.4) is 0 Å². The number of aliphatic hydroxyl groups is 1. The number of hydrogen-bond acceptors (Lipinski definition) is 4. The van der Waals surface area contributed by atoms with Crippen molar-refractivity contribution in [1.82, 2.24) is 19.7 Å². The van der Waals surface area contributed by atoms with Gasteiger partial charge in [0.15, 0.2) is 0 Å². The molecule has 2 aromatic carbocycles. The number of nitrogens with zero attached hydrogens (tertiary/aromatic N) is 4. The molecule has 0 atom stereocenters. The summed E-state index contributed by atoms with van der Waals surface area (Å²) in [5.41, 5.74) is 0.369. The molecule has 0 bridgehead atoms. The molecular formula is C25H32N4O. The number of likely N-dealkylation sites (tertiary alicyclic amines) is 1. The molecule has 1 saturated heterocycles. The lowest BCUT2D eigenvalue weighted by Crippen LogP contribution is -2.43. The van der Waals surface area contributed by atoms with E-state index in [1.807, 2.05) is 0 Å². The van der Waals surface area contributed by atoms with Gasteiger partial charge in [-0.2, -0.15) is 0 Å². The first-order valence-electron chi connectivity index (χ1n) is 11.6. The van der Waals surface area contributed by atoms with Crippen LogP contribution in [0.15, 0.2) is 42.5 Å². The molecule has 3 heterocycles. The molecule has 5 heteroatoms. The first-order valence-corrected chi connectivity index (χ1v) is 11.6. The van der Waals surface area contributed by atoms with E-state index in [4.69, 9.17) is 0 Å². The lowest BCUT2D eigenvalue weighted by atomic mass is 9.82. The average Bonchev–Trinajstić information content (AvgIpc) is 3.01. The van der Waals surface area contributed by atoms with Crippen LogP contribution in [0.2, 0.25) is 0 Å². The second-order valence-corrected chi connectivity index (χ2v) is 9.00. The monoisotopic (exact) mass is 404 g/mol. The van der Waals surface area contributed by atoms with Crippen molar-refractivity contribution in [2.45, 2.75) is 63.5 Å². The van der Waals surface area contributed by atoms with Crippen LogP contribution in [-0.4, -0.2) is 44.4 Å². The van der Waals surface area contributed by atoms with Gasteiger partial charge in [-0.05, 0) is 55.0 Å². The van der Waals surface area contributed by atoms with Crippen molar-refractivity contribution in [2.24, 2.45) is 0 Å². The summed E-state index contributed by atoms with van der Waals surface area (Å²) in [5, 5.41) is 22.7. The fraction of sp³-hybridized carbons (Fsp3) is 0.520. The molecule has 2 aliphatic rings. The Kier molecular flexibility index (Phi) is 5.57. The summed E-state index contributed by atoms with van der Waals surface area (Å²) < 4.78 is 2.36. The predicted octanol–water partition coefficient (Wildman–Crippen LogP) is 4.07. The number of fused-ring (bicyclic) bond motifs is 2. The Morgan fingerprint density at radius 3 is 2.63 bits per heavy atom.